The van der Waals surface area contributed by atoms with Gasteiger partial charge in [-0.05, 0) is 18.2 Å². The number of rotatable bonds is 2. The zero-order chi connectivity index (χ0) is 15.0. The number of halogens is 3. The molecule has 9 heteroatoms. The molecule has 3 aromatic rings. The van der Waals surface area contributed by atoms with Gasteiger partial charge in [-0.2, -0.15) is 9.97 Å². The van der Waals surface area contributed by atoms with Crippen molar-refractivity contribution >= 4 is 50.6 Å². The van der Waals surface area contributed by atoms with Crippen molar-refractivity contribution in [3.8, 4) is 0 Å². The molecule has 0 saturated carbocycles. The molecule has 2 aromatic heterocycles. The highest BCUT2D eigenvalue weighted by Crippen LogP contribution is 2.20. The SMILES string of the molecule is O=C(Nc1nc(Cl)c2[nH]cnc2n1)c1ccc(Br)cc1F. The average molecular weight is 371 g/mol. The van der Waals surface area contributed by atoms with Gasteiger partial charge >= 0.3 is 0 Å². The molecular weight excluding hydrogens is 365 g/mol. The van der Waals surface area contributed by atoms with Gasteiger partial charge in [0.2, 0.25) is 5.95 Å². The minimum atomic E-state index is -0.675. The second-order valence-corrected chi connectivity index (χ2v) is 5.29. The van der Waals surface area contributed by atoms with E-state index in [4.69, 9.17) is 11.6 Å². The lowest BCUT2D eigenvalue weighted by Gasteiger charge is -2.05. The molecule has 0 bridgehead atoms. The molecule has 0 saturated heterocycles. The van der Waals surface area contributed by atoms with Crippen LogP contribution in [-0.4, -0.2) is 25.8 Å². The molecule has 1 amide bonds. The Labute approximate surface area is 130 Å². The molecule has 106 valence electrons. The largest absolute Gasteiger partial charge is 0.341 e. The van der Waals surface area contributed by atoms with Gasteiger partial charge in [-0.3, -0.25) is 10.1 Å². The maximum atomic E-state index is 13.7. The third-order valence-corrected chi connectivity index (χ3v) is 3.41. The van der Waals surface area contributed by atoms with Crippen molar-refractivity contribution in [3.63, 3.8) is 0 Å². The van der Waals surface area contributed by atoms with Gasteiger partial charge in [0.25, 0.3) is 5.91 Å². The summed E-state index contributed by atoms with van der Waals surface area (Å²) in [4.78, 5) is 26.6. The number of nitrogens with one attached hydrogen (secondary N) is 2. The lowest BCUT2D eigenvalue weighted by molar-refractivity contribution is 0.102. The van der Waals surface area contributed by atoms with Crippen LogP contribution in [0.15, 0.2) is 29.0 Å². The molecular formula is C12H6BrClFN5O. The molecule has 0 unspecified atom stereocenters. The summed E-state index contributed by atoms with van der Waals surface area (Å²) in [5, 5.41) is 2.50. The lowest BCUT2D eigenvalue weighted by atomic mass is 10.2. The third-order valence-electron chi connectivity index (χ3n) is 2.64. The first kappa shape index (κ1) is 13.9. The van der Waals surface area contributed by atoms with Gasteiger partial charge in [0.1, 0.15) is 11.3 Å². The molecule has 0 aliphatic heterocycles. The topological polar surface area (TPSA) is 83.6 Å². The fourth-order valence-electron chi connectivity index (χ4n) is 1.70. The van der Waals surface area contributed by atoms with Crippen molar-refractivity contribution in [2.24, 2.45) is 0 Å². The van der Waals surface area contributed by atoms with Crippen molar-refractivity contribution in [3.05, 3.63) is 45.5 Å². The van der Waals surface area contributed by atoms with Crippen LogP contribution in [0, 0.1) is 5.82 Å². The summed E-state index contributed by atoms with van der Waals surface area (Å²) in [5.74, 6) is -1.38. The molecule has 0 aliphatic carbocycles. The van der Waals surface area contributed by atoms with Gasteiger partial charge in [-0.1, -0.05) is 27.5 Å². The van der Waals surface area contributed by atoms with Gasteiger partial charge in [-0.15, -0.1) is 0 Å². The van der Waals surface area contributed by atoms with E-state index in [1.165, 1.54) is 18.5 Å². The van der Waals surface area contributed by atoms with Crippen molar-refractivity contribution in [2.75, 3.05) is 5.32 Å². The van der Waals surface area contributed by atoms with Gasteiger partial charge in [0.05, 0.1) is 11.9 Å². The third kappa shape index (κ3) is 2.72. The van der Waals surface area contributed by atoms with E-state index in [0.29, 0.717) is 15.6 Å². The molecule has 2 heterocycles. The van der Waals surface area contributed by atoms with Crippen molar-refractivity contribution in [1.29, 1.82) is 0 Å². The highest BCUT2D eigenvalue weighted by Gasteiger charge is 2.15. The number of hydrogen-bond donors (Lipinski definition) is 2. The van der Waals surface area contributed by atoms with E-state index in [0.717, 1.165) is 0 Å². The van der Waals surface area contributed by atoms with Crippen LogP contribution in [0.5, 0.6) is 0 Å². The van der Waals surface area contributed by atoms with Crippen LogP contribution in [0.3, 0.4) is 0 Å². The number of benzene rings is 1. The van der Waals surface area contributed by atoms with E-state index in [1.807, 2.05) is 0 Å². The predicted molar refractivity (Wildman–Crippen MR) is 78.7 cm³/mol. The monoisotopic (exact) mass is 369 g/mol. The van der Waals surface area contributed by atoms with Crippen LogP contribution in [0.2, 0.25) is 5.15 Å². The first-order chi connectivity index (χ1) is 10.0. The molecule has 0 spiro atoms. The number of hydrogen-bond acceptors (Lipinski definition) is 4. The number of aromatic nitrogens is 4. The Bertz CT molecular complexity index is 853. The van der Waals surface area contributed by atoms with Crippen LogP contribution < -0.4 is 5.32 Å². The number of imidazole rings is 1. The molecule has 0 radical (unpaired) electrons. The van der Waals surface area contributed by atoms with Gasteiger partial charge in [-0.25, -0.2) is 9.37 Å². The summed E-state index contributed by atoms with van der Waals surface area (Å²) in [6.07, 6.45) is 1.41. The Balaban J connectivity index is 1.92. The molecule has 2 N–H and O–H groups in total. The molecule has 6 nitrogen and oxygen atoms in total. The number of aromatic amines is 1. The Morgan fingerprint density at radius 3 is 2.95 bits per heavy atom. The lowest BCUT2D eigenvalue weighted by Crippen LogP contribution is -2.16. The average Bonchev–Trinajstić information content (AvgIpc) is 2.87. The van der Waals surface area contributed by atoms with Gasteiger partial charge in [0, 0.05) is 4.47 Å². The normalized spacial score (nSPS) is 10.8. The number of carbonyl (C=O) groups is 1. The number of nitrogens with zero attached hydrogens (tertiary/aromatic N) is 3. The van der Waals surface area contributed by atoms with Gasteiger partial charge < -0.3 is 4.98 Å². The fourth-order valence-corrected chi connectivity index (χ4v) is 2.25. The number of carbonyl (C=O) groups excluding carboxylic acids is 1. The quantitative estimate of drug-likeness (QED) is 0.679. The second kappa shape index (κ2) is 5.38. The molecule has 0 atom stereocenters. The zero-order valence-corrected chi connectivity index (χ0v) is 12.5. The van der Waals surface area contributed by atoms with Crippen LogP contribution in [-0.2, 0) is 0 Å². The Morgan fingerprint density at radius 1 is 1.38 bits per heavy atom. The summed E-state index contributed by atoms with van der Waals surface area (Å²) in [6, 6.07) is 4.10. The maximum absolute atomic E-state index is 13.7. The van der Waals surface area contributed by atoms with E-state index in [1.54, 1.807) is 6.07 Å². The summed E-state index contributed by atoms with van der Waals surface area (Å²) in [7, 11) is 0. The molecule has 21 heavy (non-hydrogen) atoms. The van der Waals surface area contributed by atoms with Crippen LogP contribution in [0.25, 0.3) is 11.2 Å². The summed E-state index contributed by atoms with van der Waals surface area (Å²) >= 11 is 9.05. The smallest absolute Gasteiger partial charge is 0.260 e. The van der Waals surface area contributed by atoms with E-state index >= 15 is 0 Å². The minimum absolute atomic E-state index is 0.0491. The summed E-state index contributed by atoms with van der Waals surface area (Å²) < 4.78 is 14.2. The van der Waals surface area contributed by atoms with Crippen molar-refractivity contribution < 1.29 is 9.18 Å². The Kier molecular flexibility index (Phi) is 3.56. The number of anilines is 1. The van der Waals surface area contributed by atoms with E-state index in [9.17, 15) is 9.18 Å². The van der Waals surface area contributed by atoms with Crippen molar-refractivity contribution in [2.45, 2.75) is 0 Å². The number of fused-ring (bicyclic) bond motifs is 1. The highest BCUT2D eigenvalue weighted by molar-refractivity contribution is 9.10. The first-order valence-corrected chi connectivity index (χ1v) is 6.84. The standard InChI is InChI=1S/C12H6BrClFN5O/c13-5-1-2-6(7(15)3-5)11(21)20-12-18-9(14)8-10(19-12)17-4-16-8/h1-4H,(H2,16,17,18,19,20,21). The minimum Gasteiger partial charge on any atom is -0.341 e. The van der Waals surface area contributed by atoms with Crippen molar-refractivity contribution in [1.82, 2.24) is 19.9 Å². The first-order valence-electron chi connectivity index (χ1n) is 5.67. The number of amides is 1. The molecule has 3 rings (SSSR count). The highest BCUT2D eigenvalue weighted by atomic mass is 79.9. The van der Waals surface area contributed by atoms with Crippen LogP contribution in [0.1, 0.15) is 10.4 Å². The second-order valence-electron chi connectivity index (χ2n) is 4.02. The number of H-pyrrole nitrogens is 1. The summed E-state index contributed by atoms with van der Waals surface area (Å²) in [6.45, 7) is 0. The van der Waals surface area contributed by atoms with Crippen LogP contribution >= 0.6 is 27.5 Å². The maximum Gasteiger partial charge on any atom is 0.260 e. The van der Waals surface area contributed by atoms with E-state index in [-0.39, 0.29) is 16.7 Å². The van der Waals surface area contributed by atoms with E-state index < -0.39 is 11.7 Å². The molecule has 1 aromatic carbocycles. The van der Waals surface area contributed by atoms with Crippen LogP contribution in [0.4, 0.5) is 10.3 Å². The molecule has 0 fully saturated rings. The zero-order valence-electron chi connectivity index (χ0n) is 10.2. The fraction of sp³-hybridized carbons (Fsp3) is 0. The van der Waals surface area contributed by atoms with Gasteiger partial charge in [0.15, 0.2) is 10.8 Å². The Morgan fingerprint density at radius 2 is 2.19 bits per heavy atom. The molecule has 0 aliphatic rings. The Hall–Kier alpha value is -2.06. The summed E-state index contributed by atoms with van der Waals surface area (Å²) in [5.41, 5.74) is 0.645. The van der Waals surface area contributed by atoms with E-state index in [2.05, 4.69) is 41.2 Å². The predicted octanol–water partition coefficient (Wildman–Crippen LogP) is 3.16.